The lowest BCUT2D eigenvalue weighted by Crippen LogP contribution is -2.36. The van der Waals surface area contributed by atoms with Crippen LogP contribution in [0, 0.1) is 5.41 Å². The Labute approximate surface area is 103 Å². The average molecular weight is 232 g/mol. The molecule has 0 atom stereocenters. The molecular formula is C14H20N2O. The molecule has 0 spiro atoms. The highest BCUT2D eigenvalue weighted by molar-refractivity contribution is 5.81. The van der Waals surface area contributed by atoms with Crippen molar-refractivity contribution < 1.29 is 4.74 Å². The van der Waals surface area contributed by atoms with Crippen LogP contribution < -0.4 is 4.74 Å². The summed E-state index contributed by atoms with van der Waals surface area (Å²) in [6.07, 6.45) is 4.49. The third-order valence-corrected chi connectivity index (χ3v) is 3.27. The Hall–Kier alpha value is -1.51. The molecule has 0 amide bonds. The van der Waals surface area contributed by atoms with Crippen molar-refractivity contribution in [2.75, 3.05) is 20.2 Å². The zero-order valence-electron chi connectivity index (χ0n) is 10.4. The van der Waals surface area contributed by atoms with E-state index in [9.17, 15) is 0 Å². The molecule has 1 N–H and O–H groups in total. The van der Waals surface area contributed by atoms with Gasteiger partial charge in [-0.05, 0) is 37.0 Å². The number of nitrogens with zero attached hydrogens (tertiary/aromatic N) is 1. The highest BCUT2D eigenvalue weighted by atomic mass is 16.5. The Morgan fingerprint density at radius 3 is 2.41 bits per heavy atom. The predicted molar refractivity (Wildman–Crippen MR) is 69.8 cm³/mol. The molecular weight excluding hydrogens is 212 g/mol. The highest BCUT2D eigenvalue weighted by Crippen LogP contribution is 2.14. The molecule has 0 aromatic heterocycles. The van der Waals surface area contributed by atoms with E-state index in [0.717, 1.165) is 31.1 Å². The molecule has 1 aromatic carbocycles. The summed E-state index contributed by atoms with van der Waals surface area (Å²) in [5.41, 5.74) is 1.18. The van der Waals surface area contributed by atoms with E-state index in [-0.39, 0.29) is 0 Å². The van der Waals surface area contributed by atoms with Gasteiger partial charge in [0.05, 0.1) is 7.11 Å². The number of hydrogen-bond donors (Lipinski definition) is 1. The molecule has 0 aliphatic carbocycles. The lowest BCUT2D eigenvalue weighted by Gasteiger charge is -2.29. The molecule has 3 heteroatoms. The maximum Gasteiger partial charge on any atom is 0.118 e. The van der Waals surface area contributed by atoms with Crippen LogP contribution in [0.3, 0.4) is 0 Å². The van der Waals surface area contributed by atoms with E-state index in [2.05, 4.69) is 4.90 Å². The summed E-state index contributed by atoms with van der Waals surface area (Å²) in [5.74, 6) is 1.62. The Morgan fingerprint density at radius 1 is 1.18 bits per heavy atom. The second-order valence-corrected chi connectivity index (χ2v) is 4.52. The summed E-state index contributed by atoms with van der Waals surface area (Å²) < 4.78 is 5.13. The minimum atomic E-state index is 0.726. The molecule has 2 rings (SSSR count). The molecule has 1 saturated heterocycles. The van der Waals surface area contributed by atoms with Gasteiger partial charge in [0.2, 0.25) is 0 Å². The van der Waals surface area contributed by atoms with Gasteiger partial charge in [-0.15, -0.1) is 0 Å². The van der Waals surface area contributed by atoms with Crippen molar-refractivity contribution in [2.45, 2.75) is 25.7 Å². The van der Waals surface area contributed by atoms with Crippen molar-refractivity contribution >= 4 is 5.84 Å². The van der Waals surface area contributed by atoms with E-state index >= 15 is 0 Å². The second-order valence-electron chi connectivity index (χ2n) is 4.52. The first-order valence-electron chi connectivity index (χ1n) is 6.25. The maximum absolute atomic E-state index is 8.11. The van der Waals surface area contributed by atoms with Crippen LogP contribution >= 0.6 is 0 Å². The summed E-state index contributed by atoms with van der Waals surface area (Å²) in [6, 6.07) is 7.99. The number of rotatable bonds is 3. The quantitative estimate of drug-likeness (QED) is 0.642. The number of likely N-dealkylation sites (tertiary alicyclic amines) is 1. The molecule has 0 bridgehead atoms. The minimum Gasteiger partial charge on any atom is -0.497 e. The van der Waals surface area contributed by atoms with E-state index in [0.29, 0.717) is 0 Å². The lowest BCUT2D eigenvalue weighted by molar-refractivity contribution is 0.336. The average Bonchev–Trinajstić information content (AvgIpc) is 2.40. The van der Waals surface area contributed by atoms with Gasteiger partial charge in [0.1, 0.15) is 11.6 Å². The van der Waals surface area contributed by atoms with Gasteiger partial charge in [0.15, 0.2) is 0 Å². The number of methoxy groups -OCH3 is 1. The molecule has 0 radical (unpaired) electrons. The molecule has 92 valence electrons. The summed E-state index contributed by atoms with van der Waals surface area (Å²) in [6.45, 7) is 2.10. The largest absolute Gasteiger partial charge is 0.497 e. The molecule has 1 aromatic rings. The molecule has 3 nitrogen and oxygen atoms in total. The number of piperidine rings is 1. The van der Waals surface area contributed by atoms with E-state index in [1.165, 1.54) is 24.8 Å². The third-order valence-electron chi connectivity index (χ3n) is 3.27. The first-order chi connectivity index (χ1) is 8.29. The van der Waals surface area contributed by atoms with Gasteiger partial charge in [-0.25, -0.2) is 0 Å². The van der Waals surface area contributed by atoms with Crippen LogP contribution in [0.5, 0.6) is 5.75 Å². The number of benzene rings is 1. The van der Waals surface area contributed by atoms with Gasteiger partial charge in [-0.3, -0.25) is 5.41 Å². The second kappa shape index (κ2) is 5.71. The molecule has 1 heterocycles. The number of hydrogen-bond acceptors (Lipinski definition) is 2. The van der Waals surface area contributed by atoms with E-state index in [1.54, 1.807) is 7.11 Å². The number of ether oxygens (including phenoxy) is 1. The Kier molecular flexibility index (Phi) is 4.02. The first kappa shape index (κ1) is 12.0. The third kappa shape index (κ3) is 3.22. The van der Waals surface area contributed by atoms with Gasteiger partial charge in [0, 0.05) is 19.5 Å². The Bertz CT molecular complexity index is 366. The van der Waals surface area contributed by atoms with E-state index in [4.69, 9.17) is 10.1 Å². The molecule has 0 unspecified atom stereocenters. The van der Waals surface area contributed by atoms with Crippen LogP contribution in [0.25, 0.3) is 0 Å². The highest BCUT2D eigenvalue weighted by Gasteiger charge is 2.13. The van der Waals surface area contributed by atoms with Gasteiger partial charge in [0.25, 0.3) is 0 Å². The van der Waals surface area contributed by atoms with Crippen molar-refractivity contribution in [1.82, 2.24) is 4.90 Å². The van der Waals surface area contributed by atoms with Crippen LogP contribution in [0.1, 0.15) is 24.8 Å². The predicted octanol–water partition coefficient (Wildman–Crippen LogP) is 2.70. The van der Waals surface area contributed by atoms with Gasteiger partial charge >= 0.3 is 0 Å². The molecule has 0 saturated carbocycles. The minimum absolute atomic E-state index is 0.726. The van der Waals surface area contributed by atoms with Crippen LogP contribution in [0.15, 0.2) is 24.3 Å². The Morgan fingerprint density at radius 2 is 1.82 bits per heavy atom. The van der Waals surface area contributed by atoms with E-state index in [1.807, 2.05) is 24.3 Å². The summed E-state index contributed by atoms with van der Waals surface area (Å²) in [7, 11) is 1.67. The molecule has 1 fully saturated rings. The van der Waals surface area contributed by atoms with Crippen molar-refractivity contribution in [1.29, 1.82) is 5.41 Å². The van der Waals surface area contributed by atoms with Crippen LogP contribution in [0.4, 0.5) is 0 Å². The standard InChI is InChI=1S/C14H20N2O/c1-17-13-7-5-12(6-8-13)11-14(15)16-9-3-2-4-10-16/h5-8,15H,2-4,9-11H2,1H3. The van der Waals surface area contributed by atoms with Crippen molar-refractivity contribution in [3.63, 3.8) is 0 Å². The topological polar surface area (TPSA) is 36.3 Å². The fourth-order valence-electron chi connectivity index (χ4n) is 2.21. The maximum atomic E-state index is 8.11. The normalized spacial score (nSPS) is 15.7. The van der Waals surface area contributed by atoms with Crippen molar-refractivity contribution in [2.24, 2.45) is 0 Å². The van der Waals surface area contributed by atoms with Crippen molar-refractivity contribution in [3.05, 3.63) is 29.8 Å². The Balaban J connectivity index is 1.92. The zero-order valence-corrected chi connectivity index (χ0v) is 10.4. The SMILES string of the molecule is COc1ccc(CC(=N)N2CCCCC2)cc1. The number of amidine groups is 1. The fraction of sp³-hybridized carbons (Fsp3) is 0.500. The lowest BCUT2D eigenvalue weighted by atomic mass is 10.1. The molecule has 1 aliphatic heterocycles. The van der Waals surface area contributed by atoms with Gasteiger partial charge in [-0.1, -0.05) is 12.1 Å². The van der Waals surface area contributed by atoms with Crippen LogP contribution in [0.2, 0.25) is 0 Å². The fourth-order valence-corrected chi connectivity index (χ4v) is 2.21. The van der Waals surface area contributed by atoms with Crippen LogP contribution in [-0.4, -0.2) is 30.9 Å². The summed E-state index contributed by atoms with van der Waals surface area (Å²) in [4.78, 5) is 2.20. The van der Waals surface area contributed by atoms with Gasteiger partial charge < -0.3 is 9.64 Å². The summed E-state index contributed by atoms with van der Waals surface area (Å²) >= 11 is 0. The smallest absolute Gasteiger partial charge is 0.118 e. The first-order valence-corrected chi connectivity index (χ1v) is 6.25. The molecule has 1 aliphatic rings. The van der Waals surface area contributed by atoms with Gasteiger partial charge in [-0.2, -0.15) is 0 Å². The van der Waals surface area contributed by atoms with Crippen LogP contribution in [-0.2, 0) is 6.42 Å². The monoisotopic (exact) mass is 232 g/mol. The van der Waals surface area contributed by atoms with E-state index < -0.39 is 0 Å². The summed E-state index contributed by atoms with van der Waals surface area (Å²) in [5, 5.41) is 8.11. The zero-order chi connectivity index (χ0) is 12.1. The number of nitrogens with one attached hydrogen (secondary N) is 1. The van der Waals surface area contributed by atoms with Crippen molar-refractivity contribution in [3.8, 4) is 5.75 Å². The molecule has 17 heavy (non-hydrogen) atoms.